The molecule has 2 N–H and O–H groups in total. The van der Waals surface area contributed by atoms with Crippen molar-refractivity contribution in [1.82, 2.24) is 0 Å². The van der Waals surface area contributed by atoms with Gasteiger partial charge in [-0.1, -0.05) is 65.2 Å². The third kappa shape index (κ3) is 16.0. The third-order valence-electron chi connectivity index (χ3n) is 4.79. The van der Waals surface area contributed by atoms with E-state index in [2.05, 4.69) is 9.78 Å². The van der Waals surface area contributed by atoms with Crippen molar-refractivity contribution in [2.45, 2.75) is 109 Å². The Morgan fingerprint density at radius 3 is 1.29 bits per heavy atom. The van der Waals surface area contributed by atoms with Crippen LogP contribution in [-0.2, 0) is 38.4 Å². The second-order valence-electron chi connectivity index (χ2n) is 8.04. The molecule has 0 aromatic carbocycles. The van der Waals surface area contributed by atoms with Crippen LogP contribution in [-0.4, -0.2) is 57.9 Å². The standard InChI is InChI=1S/C19H40O10S2/c1-5-7-9-11-13-17(26-30(3,22)23)15-19(28-20,29-21)16-18(27-31(4,24)25)14-12-10-8-6-2/h17-18,20-21H,5-16H2,1-4H3. The maximum Gasteiger partial charge on any atom is 0.264 e. The van der Waals surface area contributed by atoms with Gasteiger partial charge in [0.25, 0.3) is 20.2 Å². The number of rotatable bonds is 20. The zero-order valence-electron chi connectivity index (χ0n) is 19.1. The van der Waals surface area contributed by atoms with E-state index in [1.807, 2.05) is 13.8 Å². The summed E-state index contributed by atoms with van der Waals surface area (Å²) in [5.74, 6) is -2.11. The van der Waals surface area contributed by atoms with Gasteiger partial charge >= 0.3 is 0 Å². The molecular formula is C19H40O10S2. The highest BCUT2D eigenvalue weighted by Crippen LogP contribution is 2.31. The van der Waals surface area contributed by atoms with Gasteiger partial charge < -0.3 is 0 Å². The third-order valence-corrected chi connectivity index (χ3v) is 6.03. The predicted octanol–water partition coefficient (Wildman–Crippen LogP) is 4.07. The van der Waals surface area contributed by atoms with Crippen LogP contribution in [0.1, 0.15) is 90.9 Å². The Morgan fingerprint density at radius 2 is 1.03 bits per heavy atom. The van der Waals surface area contributed by atoms with Crippen LogP contribution in [0.15, 0.2) is 0 Å². The molecule has 0 bridgehead atoms. The van der Waals surface area contributed by atoms with Crippen molar-refractivity contribution in [3.05, 3.63) is 0 Å². The lowest BCUT2D eigenvalue weighted by Gasteiger charge is -2.32. The quantitative estimate of drug-likeness (QED) is 0.0838. The Balaban J connectivity index is 5.44. The van der Waals surface area contributed by atoms with E-state index in [9.17, 15) is 27.4 Å². The molecule has 2 unspecified atom stereocenters. The maximum absolute atomic E-state index is 11.7. The van der Waals surface area contributed by atoms with Crippen LogP contribution in [0.4, 0.5) is 0 Å². The fourth-order valence-corrected chi connectivity index (χ4v) is 4.72. The molecule has 188 valence electrons. The molecule has 0 spiro atoms. The zero-order chi connectivity index (χ0) is 24.0. The molecule has 0 rings (SSSR count). The predicted molar refractivity (Wildman–Crippen MR) is 116 cm³/mol. The van der Waals surface area contributed by atoms with Gasteiger partial charge in [0.05, 0.1) is 24.7 Å². The lowest BCUT2D eigenvalue weighted by Crippen LogP contribution is -2.43. The average Bonchev–Trinajstić information content (AvgIpc) is 2.65. The van der Waals surface area contributed by atoms with E-state index in [0.717, 1.165) is 51.0 Å². The Bertz CT molecular complexity index is 605. The summed E-state index contributed by atoms with van der Waals surface area (Å²) in [7, 11) is -7.67. The lowest BCUT2D eigenvalue weighted by atomic mass is 9.95. The van der Waals surface area contributed by atoms with Crippen LogP contribution < -0.4 is 0 Å². The normalized spacial score (nSPS) is 15.2. The molecule has 2 atom stereocenters. The summed E-state index contributed by atoms with van der Waals surface area (Å²) in [6, 6.07) is 0. The minimum Gasteiger partial charge on any atom is -0.267 e. The average molecular weight is 493 g/mol. The topological polar surface area (TPSA) is 146 Å². The van der Waals surface area contributed by atoms with E-state index >= 15 is 0 Å². The summed E-state index contributed by atoms with van der Waals surface area (Å²) < 4.78 is 56.9. The Hall–Kier alpha value is -0.340. The smallest absolute Gasteiger partial charge is 0.264 e. The van der Waals surface area contributed by atoms with E-state index in [1.165, 1.54) is 0 Å². The first-order valence-electron chi connectivity index (χ1n) is 10.8. The van der Waals surface area contributed by atoms with Crippen LogP contribution in [0.3, 0.4) is 0 Å². The van der Waals surface area contributed by atoms with Gasteiger partial charge in [0.2, 0.25) is 5.79 Å². The summed E-state index contributed by atoms with van der Waals surface area (Å²) in [6.07, 6.45) is 6.74. The number of hydrogen-bond donors (Lipinski definition) is 2. The molecule has 0 fully saturated rings. The van der Waals surface area contributed by atoms with Crippen molar-refractivity contribution < 1.29 is 45.5 Å². The molecule has 0 aromatic heterocycles. The van der Waals surface area contributed by atoms with Gasteiger partial charge in [-0.2, -0.15) is 16.8 Å². The second-order valence-corrected chi connectivity index (χ2v) is 11.2. The zero-order valence-corrected chi connectivity index (χ0v) is 20.7. The molecule has 10 nitrogen and oxygen atoms in total. The summed E-state index contributed by atoms with van der Waals surface area (Å²) >= 11 is 0. The Kier molecular flexibility index (Phi) is 15.3. The van der Waals surface area contributed by atoms with E-state index in [-0.39, 0.29) is 12.8 Å². The van der Waals surface area contributed by atoms with E-state index in [4.69, 9.17) is 8.37 Å². The van der Waals surface area contributed by atoms with Gasteiger partial charge in [0.1, 0.15) is 0 Å². The van der Waals surface area contributed by atoms with Gasteiger partial charge in [0.15, 0.2) is 0 Å². The molecule has 0 heterocycles. The SMILES string of the molecule is CCCCCCC(CC(CC(CCCCCC)OS(C)(=O)=O)(OO)OO)OS(C)(=O)=O. The van der Waals surface area contributed by atoms with Gasteiger partial charge in [0, 0.05) is 12.8 Å². The first kappa shape index (κ1) is 30.7. The van der Waals surface area contributed by atoms with E-state index in [0.29, 0.717) is 25.7 Å². The van der Waals surface area contributed by atoms with E-state index in [1.54, 1.807) is 0 Å². The molecule has 0 radical (unpaired) electrons. The molecule has 0 saturated carbocycles. The fraction of sp³-hybridized carbons (Fsp3) is 1.00. The van der Waals surface area contributed by atoms with Crippen molar-refractivity contribution in [3.8, 4) is 0 Å². The van der Waals surface area contributed by atoms with Crippen LogP contribution in [0, 0.1) is 0 Å². The molecular weight excluding hydrogens is 452 g/mol. The molecule has 12 heteroatoms. The first-order chi connectivity index (χ1) is 14.4. The van der Waals surface area contributed by atoms with Gasteiger partial charge in [-0.25, -0.2) is 20.3 Å². The Labute approximate surface area is 187 Å². The maximum atomic E-state index is 11.7. The summed E-state index contributed by atoms with van der Waals surface area (Å²) in [4.78, 5) is 8.82. The largest absolute Gasteiger partial charge is 0.267 e. The molecule has 31 heavy (non-hydrogen) atoms. The van der Waals surface area contributed by atoms with Crippen LogP contribution in [0.5, 0.6) is 0 Å². The highest BCUT2D eigenvalue weighted by atomic mass is 32.2. The van der Waals surface area contributed by atoms with Crippen molar-refractivity contribution in [2.75, 3.05) is 12.5 Å². The molecule has 0 aliphatic carbocycles. The minimum absolute atomic E-state index is 0.315. The Morgan fingerprint density at radius 1 is 0.677 bits per heavy atom. The lowest BCUT2D eigenvalue weighted by molar-refractivity contribution is -0.494. The monoisotopic (exact) mass is 492 g/mol. The highest BCUT2D eigenvalue weighted by molar-refractivity contribution is 7.86. The van der Waals surface area contributed by atoms with Crippen LogP contribution >= 0.6 is 0 Å². The molecule has 0 aromatic rings. The molecule has 0 amide bonds. The van der Waals surface area contributed by atoms with Gasteiger partial charge in [-0.05, 0) is 12.8 Å². The highest BCUT2D eigenvalue weighted by Gasteiger charge is 2.41. The van der Waals surface area contributed by atoms with Crippen molar-refractivity contribution in [2.24, 2.45) is 0 Å². The summed E-state index contributed by atoms with van der Waals surface area (Å²) in [5.41, 5.74) is 0. The van der Waals surface area contributed by atoms with Crippen LogP contribution in [0.2, 0.25) is 0 Å². The van der Waals surface area contributed by atoms with Crippen LogP contribution in [0.25, 0.3) is 0 Å². The fourth-order valence-electron chi connectivity index (χ4n) is 3.40. The van der Waals surface area contributed by atoms with Crippen molar-refractivity contribution in [3.63, 3.8) is 0 Å². The number of hydrogen-bond acceptors (Lipinski definition) is 10. The van der Waals surface area contributed by atoms with Crippen molar-refractivity contribution >= 4 is 20.2 Å². The minimum atomic E-state index is -3.83. The van der Waals surface area contributed by atoms with Crippen molar-refractivity contribution in [1.29, 1.82) is 0 Å². The molecule has 0 aliphatic heterocycles. The number of unbranched alkanes of at least 4 members (excludes halogenated alkanes) is 6. The van der Waals surface area contributed by atoms with Gasteiger partial charge in [-0.3, -0.25) is 8.37 Å². The second kappa shape index (κ2) is 15.5. The first-order valence-corrected chi connectivity index (χ1v) is 14.4. The van der Waals surface area contributed by atoms with Gasteiger partial charge in [-0.15, -0.1) is 0 Å². The summed E-state index contributed by atoms with van der Waals surface area (Å²) in [6.45, 7) is 4.08. The molecule has 0 saturated heterocycles. The molecule has 0 aliphatic rings. The van der Waals surface area contributed by atoms with E-state index < -0.39 is 38.2 Å². The summed E-state index contributed by atoms with van der Waals surface area (Å²) in [5, 5.41) is 19.0.